The van der Waals surface area contributed by atoms with Gasteiger partial charge in [-0.1, -0.05) is 0 Å². The highest BCUT2D eigenvalue weighted by Crippen LogP contribution is 2.35. The monoisotopic (exact) mass is 484 g/mol. The van der Waals surface area contributed by atoms with Gasteiger partial charge in [0.2, 0.25) is 0 Å². The maximum atomic E-state index is 13.0. The molecule has 0 atom stereocenters. The first-order chi connectivity index (χ1) is 16.4. The second-order valence-electron chi connectivity index (χ2n) is 9.07. The van der Waals surface area contributed by atoms with E-state index in [0.717, 1.165) is 0 Å². The van der Waals surface area contributed by atoms with Crippen LogP contribution in [0.4, 0.5) is 5.69 Å². The van der Waals surface area contributed by atoms with Crippen molar-refractivity contribution >= 4 is 29.5 Å². The van der Waals surface area contributed by atoms with Crippen LogP contribution in [0.15, 0.2) is 30.3 Å². The fraction of sp³-hybridized carbons (Fsp3) is 0.360. The molecule has 0 saturated carbocycles. The molecule has 1 aliphatic rings. The van der Waals surface area contributed by atoms with Gasteiger partial charge in [-0.2, -0.15) is 0 Å². The number of carboxylic acid groups (broad SMARTS) is 1. The number of hydrogen-bond donors (Lipinski definition) is 3. The lowest BCUT2D eigenvalue weighted by Gasteiger charge is -2.21. The molecule has 35 heavy (non-hydrogen) atoms. The number of aryl methyl sites for hydroxylation is 1. The Balaban J connectivity index is 1.97. The van der Waals surface area contributed by atoms with E-state index in [1.54, 1.807) is 39.0 Å². The van der Waals surface area contributed by atoms with E-state index in [2.05, 4.69) is 5.32 Å². The number of hydrogen-bond acceptors (Lipinski definition) is 8. The number of fused-ring (bicyclic) bond motifs is 2. The van der Waals surface area contributed by atoms with Crippen LogP contribution in [0.3, 0.4) is 0 Å². The van der Waals surface area contributed by atoms with Crippen molar-refractivity contribution in [2.24, 2.45) is 0 Å². The number of aliphatic carboxylic acids is 1. The number of ether oxygens (including phenoxy) is 3. The molecule has 1 amide bonds. The Kier molecular flexibility index (Phi) is 7.63. The zero-order valence-electron chi connectivity index (χ0n) is 19.8. The fourth-order valence-corrected chi connectivity index (χ4v) is 3.57. The zero-order valence-corrected chi connectivity index (χ0v) is 19.8. The standard InChI is InChI=1S/C25H28N2O8/c1-25(2,3)35-21(30)13-27-23(31)18-9-14(11-20(28)29)10-19-22(18)33-8-4-5-15-12-16(26)6-7-17(15)24(32)34-19/h6-7,9-10,12H,4-5,8,11,13,26H2,1-3H3,(H,27,31)(H,28,29). The van der Waals surface area contributed by atoms with Crippen LogP contribution >= 0.6 is 0 Å². The highest BCUT2D eigenvalue weighted by atomic mass is 16.6. The number of anilines is 1. The van der Waals surface area contributed by atoms with Gasteiger partial charge in [0.25, 0.3) is 5.91 Å². The molecule has 1 aliphatic heterocycles. The number of nitrogens with two attached hydrogens (primary N) is 1. The lowest BCUT2D eigenvalue weighted by atomic mass is 10.0. The van der Waals surface area contributed by atoms with Gasteiger partial charge in [-0.3, -0.25) is 14.4 Å². The van der Waals surface area contributed by atoms with Crippen molar-refractivity contribution in [3.05, 3.63) is 52.6 Å². The number of amides is 1. The number of nitrogen functional groups attached to an aromatic ring is 1. The summed E-state index contributed by atoms with van der Waals surface area (Å²) in [5.41, 5.74) is 6.78. The Hall–Kier alpha value is -4.08. The summed E-state index contributed by atoms with van der Waals surface area (Å²) in [7, 11) is 0. The average Bonchev–Trinajstić information content (AvgIpc) is 2.74. The van der Waals surface area contributed by atoms with Crippen molar-refractivity contribution in [2.45, 2.75) is 45.6 Å². The van der Waals surface area contributed by atoms with Gasteiger partial charge in [-0.05, 0) is 75.1 Å². The van der Waals surface area contributed by atoms with Crippen LogP contribution in [0.5, 0.6) is 11.5 Å². The fourth-order valence-electron chi connectivity index (χ4n) is 3.57. The van der Waals surface area contributed by atoms with E-state index < -0.39 is 42.4 Å². The van der Waals surface area contributed by atoms with Gasteiger partial charge < -0.3 is 30.4 Å². The van der Waals surface area contributed by atoms with Crippen LogP contribution in [-0.4, -0.2) is 47.7 Å². The average molecular weight is 485 g/mol. The minimum atomic E-state index is -1.14. The summed E-state index contributed by atoms with van der Waals surface area (Å²) < 4.78 is 16.6. The summed E-state index contributed by atoms with van der Waals surface area (Å²) in [5, 5.41) is 11.7. The van der Waals surface area contributed by atoms with Crippen LogP contribution in [-0.2, 0) is 27.2 Å². The lowest BCUT2D eigenvalue weighted by molar-refractivity contribution is -0.153. The Morgan fingerprint density at radius 2 is 1.91 bits per heavy atom. The largest absolute Gasteiger partial charge is 0.489 e. The zero-order chi connectivity index (χ0) is 25.8. The molecule has 2 aromatic carbocycles. The molecule has 10 heteroatoms. The molecule has 0 aliphatic carbocycles. The topological polar surface area (TPSA) is 154 Å². The Morgan fingerprint density at radius 1 is 1.17 bits per heavy atom. The molecule has 0 fully saturated rings. The quantitative estimate of drug-likeness (QED) is 0.330. The van der Waals surface area contributed by atoms with E-state index in [-0.39, 0.29) is 29.2 Å². The number of benzene rings is 2. The normalized spacial score (nSPS) is 13.4. The predicted molar refractivity (Wildman–Crippen MR) is 126 cm³/mol. The first kappa shape index (κ1) is 25.5. The molecular formula is C25H28N2O8. The summed E-state index contributed by atoms with van der Waals surface area (Å²) in [4.78, 5) is 49.3. The molecule has 2 aromatic rings. The van der Waals surface area contributed by atoms with Crippen molar-refractivity contribution in [3.8, 4) is 11.5 Å². The third-order valence-corrected chi connectivity index (χ3v) is 4.92. The van der Waals surface area contributed by atoms with Crippen molar-refractivity contribution in [1.82, 2.24) is 5.32 Å². The first-order valence-corrected chi connectivity index (χ1v) is 11.0. The maximum absolute atomic E-state index is 13.0. The third-order valence-electron chi connectivity index (χ3n) is 4.92. The van der Waals surface area contributed by atoms with Crippen LogP contribution in [0.25, 0.3) is 0 Å². The van der Waals surface area contributed by atoms with Gasteiger partial charge in [0.05, 0.1) is 24.2 Å². The van der Waals surface area contributed by atoms with Crippen LogP contribution in [0, 0.1) is 0 Å². The molecule has 0 spiro atoms. The molecule has 1 heterocycles. The van der Waals surface area contributed by atoms with E-state index in [4.69, 9.17) is 19.9 Å². The second kappa shape index (κ2) is 10.5. The molecular weight excluding hydrogens is 456 g/mol. The van der Waals surface area contributed by atoms with Gasteiger partial charge in [0.1, 0.15) is 12.1 Å². The van der Waals surface area contributed by atoms with Gasteiger partial charge in [-0.15, -0.1) is 0 Å². The molecule has 0 aromatic heterocycles. The Labute approximate surface area is 202 Å². The van der Waals surface area contributed by atoms with Gasteiger partial charge >= 0.3 is 17.9 Å². The smallest absolute Gasteiger partial charge is 0.343 e. The number of nitrogens with one attached hydrogen (secondary N) is 1. The van der Waals surface area contributed by atoms with Crippen LogP contribution in [0.1, 0.15) is 59.0 Å². The van der Waals surface area contributed by atoms with Gasteiger partial charge in [0.15, 0.2) is 11.5 Å². The van der Waals surface area contributed by atoms with Gasteiger partial charge in [0, 0.05) is 5.69 Å². The van der Waals surface area contributed by atoms with Crippen molar-refractivity contribution in [3.63, 3.8) is 0 Å². The molecule has 0 bridgehead atoms. The number of carbonyl (C=O) groups is 4. The number of carboxylic acids is 1. The molecule has 0 radical (unpaired) electrons. The number of rotatable bonds is 5. The summed E-state index contributed by atoms with van der Waals surface area (Å²) in [5.74, 6) is -3.31. The summed E-state index contributed by atoms with van der Waals surface area (Å²) in [6.45, 7) is 4.87. The molecule has 0 saturated heterocycles. The van der Waals surface area contributed by atoms with Gasteiger partial charge in [-0.25, -0.2) is 4.79 Å². The van der Waals surface area contributed by atoms with Crippen molar-refractivity contribution < 1.29 is 38.5 Å². The first-order valence-electron chi connectivity index (χ1n) is 11.0. The minimum Gasteiger partial charge on any atom is -0.489 e. The molecule has 4 N–H and O–H groups in total. The van der Waals surface area contributed by atoms with E-state index in [1.807, 2.05) is 0 Å². The van der Waals surface area contributed by atoms with E-state index in [0.29, 0.717) is 29.7 Å². The van der Waals surface area contributed by atoms with Crippen molar-refractivity contribution in [1.29, 1.82) is 0 Å². The van der Waals surface area contributed by atoms with E-state index >= 15 is 0 Å². The van der Waals surface area contributed by atoms with Crippen molar-refractivity contribution in [2.75, 3.05) is 18.9 Å². The maximum Gasteiger partial charge on any atom is 0.343 e. The van der Waals surface area contributed by atoms with Crippen LogP contribution in [0.2, 0.25) is 0 Å². The minimum absolute atomic E-state index is 0.0203. The van der Waals surface area contributed by atoms with E-state index in [9.17, 15) is 24.3 Å². The molecule has 10 nitrogen and oxygen atoms in total. The highest BCUT2D eigenvalue weighted by Gasteiger charge is 2.25. The summed E-state index contributed by atoms with van der Waals surface area (Å²) in [6, 6.07) is 7.52. The summed E-state index contributed by atoms with van der Waals surface area (Å²) >= 11 is 0. The lowest BCUT2D eigenvalue weighted by Crippen LogP contribution is -2.35. The number of esters is 2. The Bertz CT molecular complexity index is 1170. The highest BCUT2D eigenvalue weighted by molar-refractivity contribution is 6.00. The Morgan fingerprint density at radius 3 is 2.60 bits per heavy atom. The predicted octanol–water partition coefficient (Wildman–Crippen LogP) is 2.51. The summed E-state index contributed by atoms with van der Waals surface area (Å²) in [6.07, 6.45) is 0.575. The third kappa shape index (κ3) is 6.95. The number of carbonyl (C=O) groups excluding carboxylic acids is 3. The van der Waals surface area contributed by atoms with E-state index in [1.165, 1.54) is 12.1 Å². The molecule has 0 unspecified atom stereocenters. The SMILES string of the molecule is CC(C)(C)OC(=O)CNC(=O)c1cc(CC(=O)O)cc2c1OCCCc1cc(N)ccc1C(=O)O2. The molecule has 186 valence electrons. The van der Waals surface area contributed by atoms with Crippen LogP contribution < -0.4 is 20.5 Å². The molecule has 3 rings (SSSR count). The second-order valence-corrected chi connectivity index (χ2v) is 9.07.